The van der Waals surface area contributed by atoms with Crippen LogP contribution in [0.2, 0.25) is 0 Å². The summed E-state index contributed by atoms with van der Waals surface area (Å²) in [6.07, 6.45) is 0. The number of hydrogen-bond acceptors (Lipinski definition) is 7. The van der Waals surface area contributed by atoms with Gasteiger partial charge in [-0.2, -0.15) is 8.78 Å². The minimum Gasteiger partial charge on any atom is -0.493 e. The molecule has 0 spiro atoms. The molecule has 1 heterocycles. The molecule has 1 saturated heterocycles. The lowest BCUT2D eigenvalue weighted by Gasteiger charge is -2.34. The third-order valence-electron chi connectivity index (χ3n) is 5.77. The molecule has 0 radical (unpaired) electrons. The summed E-state index contributed by atoms with van der Waals surface area (Å²) in [5, 5.41) is 2.68. The zero-order valence-electron chi connectivity index (χ0n) is 19.4. The molecule has 3 rings (SSSR count). The number of carbonyl (C=O) groups excluding carboxylic acids is 1. The zero-order chi connectivity index (χ0) is 24.9. The molecule has 1 aliphatic rings. The largest absolute Gasteiger partial charge is 0.493 e. The number of alkyl halides is 2. The Morgan fingerprint density at radius 3 is 2.12 bits per heavy atom. The lowest BCUT2D eigenvalue weighted by atomic mass is 10.1. The summed E-state index contributed by atoms with van der Waals surface area (Å²) in [6.45, 7) is 5.99. The molecule has 2 aromatic carbocycles. The number of hydrogen-bond donors (Lipinski definition) is 1. The van der Waals surface area contributed by atoms with E-state index in [2.05, 4.69) is 10.2 Å². The van der Waals surface area contributed by atoms with Crippen molar-refractivity contribution < 1.29 is 31.5 Å². The maximum atomic E-state index is 12.6. The molecule has 8 nitrogen and oxygen atoms in total. The van der Waals surface area contributed by atoms with E-state index in [1.807, 2.05) is 24.0 Å². The van der Waals surface area contributed by atoms with Gasteiger partial charge in [0.15, 0.2) is 11.5 Å². The minimum absolute atomic E-state index is 0.181. The molecule has 1 N–H and O–H groups in total. The van der Waals surface area contributed by atoms with Crippen molar-refractivity contribution in [3.05, 3.63) is 47.5 Å². The van der Waals surface area contributed by atoms with Gasteiger partial charge in [0.2, 0.25) is 15.7 Å². The van der Waals surface area contributed by atoms with Crippen molar-refractivity contribution in [2.75, 3.05) is 52.3 Å². The highest BCUT2D eigenvalue weighted by atomic mass is 32.2. The summed E-state index contributed by atoms with van der Waals surface area (Å²) in [5.74, 6) is -2.35. The van der Waals surface area contributed by atoms with E-state index in [0.29, 0.717) is 30.3 Å². The number of benzene rings is 2. The van der Waals surface area contributed by atoms with Crippen molar-refractivity contribution in [1.82, 2.24) is 9.80 Å². The first-order valence-corrected chi connectivity index (χ1v) is 12.3. The first kappa shape index (κ1) is 25.9. The summed E-state index contributed by atoms with van der Waals surface area (Å²) in [4.78, 5) is 16.2. The molecule has 1 fully saturated rings. The number of nitrogens with one attached hydrogen (secondary N) is 1. The van der Waals surface area contributed by atoms with Crippen LogP contribution >= 0.6 is 0 Å². The lowest BCUT2D eigenvalue weighted by Crippen LogP contribution is -2.48. The van der Waals surface area contributed by atoms with Gasteiger partial charge in [0.25, 0.3) is 0 Å². The van der Waals surface area contributed by atoms with Crippen molar-refractivity contribution in [3.63, 3.8) is 0 Å². The Hall–Kier alpha value is -2.76. The van der Waals surface area contributed by atoms with Crippen LogP contribution in [0.25, 0.3) is 0 Å². The zero-order valence-corrected chi connectivity index (χ0v) is 20.2. The predicted molar refractivity (Wildman–Crippen MR) is 124 cm³/mol. The lowest BCUT2D eigenvalue weighted by molar-refractivity contribution is -0.117. The number of aryl methyl sites for hydroxylation is 1. The minimum atomic E-state index is -4.66. The van der Waals surface area contributed by atoms with Gasteiger partial charge in [-0.3, -0.25) is 14.6 Å². The Morgan fingerprint density at radius 1 is 1.00 bits per heavy atom. The molecule has 1 amide bonds. The molecule has 2 aromatic rings. The summed E-state index contributed by atoms with van der Waals surface area (Å²) >= 11 is 0. The van der Waals surface area contributed by atoms with Crippen LogP contribution < -0.4 is 14.8 Å². The second-order valence-corrected chi connectivity index (χ2v) is 9.98. The van der Waals surface area contributed by atoms with Crippen molar-refractivity contribution >= 4 is 21.4 Å². The van der Waals surface area contributed by atoms with E-state index in [1.54, 1.807) is 14.2 Å². The second kappa shape index (κ2) is 11.1. The number of amides is 1. The Balaban J connectivity index is 1.49. The number of carbonyl (C=O) groups is 1. The van der Waals surface area contributed by atoms with E-state index >= 15 is 0 Å². The van der Waals surface area contributed by atoms with Gasteiger partial charge in [0.05, 0.1) is 25.7 Å². The summed E-state index contributed by atoms with van der Waals surface area (Å²) in [7, 11) is -1.43. The smallest absolute Gasteiger partial charge is 0.341 e. The van der Waals surface area contributed by atoms with Crippen LogP contribution in [0, 0.1) is 6.92 Å². The normalized spacial score (nSPS) is 15.4. The summed E-state index contributed by atoms with van der Waals surface area (Å²) in [5.41, 5.74) is 2.62. The van der Waals surface area contributed by atoms with Crippen LogP contribution in [-0.4, -0.2) is 76.8 Å². The molecule has 186 valence electrons. The van der Waals surface area contributed by atoms with Crippen LogP contribution in [-0.2, 0) is 21.2 Å². The fourth-order valence-electron chi connectivity index (χ4n) is 3.77. The number of sulfone groups is 1. The van der Waals surface area contributed by atoms with Crippen LogP contribution in [0.1, 0.15) is 11.1 Å². The molecule has 0 saturated carbocycles. The van der Waals surface area contributed by atoms with Crippen molar-refractivity contribution in [2.45, 2.75) is 24.1 Å². The number of nitrogens with zero attached hydrogens (tertiary/aromatic N) is 2. The fourth-order valence-corrected chi connectivity index (χ4v) is 4.50. The Labute approximate surface area is 198 Å². The van der Waals surface area contributed by atoms with Gasteiger partial charge in [-0.25, -0.2) is 8.42 Å². The Bertz CT molecular complexity index is 1100. The van der Waals surface area contributed by atoms with E-state index < -0.39 is 20.5 Å². The van der Waals surface area contributed by atoms with E-state index in [0.717, 1.165) is 42.9 Å². The van der Waals surface area contributed by atoms with E-state index in [4.69, 9.17) is 9.47 Å². The average Bonchev–Trinajstić information content (AvgIpc) is 2.81. The van der Waals surface area contributed by atoms with Gasteiger partial charge in [-0.05, 0) is 54.4 Å². The van der Waals surface area contributed by atoms with Gasteiger partial charge in [0, 0.05) is 38.4 Å². The topological polar surface area (TPSA) is 88.2 Å². The van der Waals surface area contributed by atoms with E-state index in [-0.39, 0.29) is 12.5 Å². The standard InChI is InChI=1S/C23H29F2N3O5S/c1-16-12-20(32-2)21(33-3)13-17(16)14-27-8-10-28(11-9-27)15-22(29)26-18-4-6-19(7-5-18)34(30,31)23(24)25/h4-7,12-13,23H,8-11,14-15H2,1-3H3,(H,26,29). The quantitative estimate of drug-likeness (QED) is 0.570. The number of anilines is 1. The molecular formula is C23H29F2N3O5S. The molecule has 0 unspecified atom stereocenters. The van der Waals surface area contributed by atoms with Crippen LogP contribution in [0.3, 0.4) is 0 Å². The number of methoxy groups -OCH3 is 2. The van der Waals surface area contributed by atoms with Gasteiger partial charge < -0.3 is 14.8 Å². The maximum Gasteiger partial charge on any atom is 0.341 e. The number of piperazine rings is 1. The predicted octanol–water partition coefficient (Wildman–Crippen LogP) is 2.76. The van der Waals surface area contributed by atoms with Crippen molar-refractivity contribution in [3.8, 4) is 11.5 Å². The van der Waals surface area contributed by atoms with Crippen LogP contribution in [0.5, 0.6) is 11.5 Å². The SMILES string of the molecule is COc1cc(C)c(CN2CCN(CC(=O)Nc3ccc(S(=O)(=O)C(F)F)cc3)CC2)cc1OC. The molecule has 1 aliphatic heterocycles. The second-order valence-electron chi connectivity index (χ2n) is 8.06. The molecule has 0 atom stereocenters. The molecular weight excluding hydrogens is 468 g/mol. The highest BCUT2D eigenvalue weighted by Gasteiger charge is 2.26. The Morgan fingerprint density at radius 2 is 1.56 bits per heavy atom. The van der Waals surface area contributed by atoms with Gasteiger partial charge >= 0.3 is 5.76 Å². The third kappa shape index (κ3) is 6.22. The maximum absolute atomic E-state index is 12.6. The highest BCUT2D eigenvalue weighted by Crippen LogP contribution is 2.31. The third-order valence-corrected chi connectivity index (χ3v) is 7.17. The summed E-state index contributed by atoms with van der Waals surface area (Å²) < 4.78 is 59.0. The number of halogens is 2. The van der Waals surface area contributed by atoms with E-state index in [1.165, 1.54) is 12.1 Å². The molecule has 0 aliphatic carbocycles. The summed E-state index contributed by atoms with van der Waals surface area (Å²) in [6, 6.07) is 8.68. The molecule has 34 heavy (non-hydrogen) atoms. The van der Waals surface area contributed by atoms with Crippen LogP contribution in [0.15, 0.2) is 41.3 Å². The first-order valence-electron chi connectivity index (χ1n) is 10.7. The first-order chi connectivity index (χ1) is 16.1. The fraction of sp³-hybridized carbons (Fsp3) is 0.435. The van der Waals surface area contributed by atoms with Crippen LogP contribution in [0.4, 0.5) is 14.5 Å². The number of rotatable bonds is 9. The number of ether oxygens (including phenoxy) is 2. The van der Waals surface area contributed by atoms with Crippen molar-refractivity contribution in [1.29, 1.82) is 0 Å². The average molecular weight is 498 g/mol. The Kier molecular flexibility index (Phi) is 8.45. The highest BCUT2D eigenvalue weighted by molar-refractivity contribution is 7.91. The molecule has 11 heteroatoms. The van der Waals surface area contributed by atoms with Gasteiger partial charge in [0.1, 0.15) is 0 Å². The van der Waals surface area contributed by atoms with Crippen molar-refractivity contribution in [2.24, 2.45) is 0 Å². The monoisotopic (exact) mass is 497 g/mol. The molecule has 0 bridgehead atoms. The van der Waals surface area contributed by atoms with Gasteiger partial charge in [-0.15, -0.1) is 0 Å². The van der Waals surface area contributed by atoms with Gasteiger partial charge in [-0.1, -0.05) is 0 Å². The molecule has 0 aromatic heterocycles. The van der Waals surface area contributed by atoms with E-state index in [9.17, 15) is 22.0 Å².